The lowest BCUT2D eigenvalue weighted by atomic mass is 9.98. The summed E-state index contributed by atoms with van der Waals surface area (Å²) >= 11 is 0. The van der Waals surface area contributed by atoms with E-state index in [1.807, 2.05) is 0 Å². The number of carbonyl (C=O) groups excluding carboxylic acids is 2. The minimum atomic E-state index is -0.0433. The van der Waals surface area contributed by atoms with Crippen LogP contribution in [0.15, 0.2) is 0 Å². The summed E-state index contributed by atoms with van der Waals surface area (Å²) in [6, 6.07) is -0.0216. The molecule has 3 atom stereocenters. The summed E-state index contributed by atoms with van der Waals surface area (Å²) in [5.41, 5.74) is 6.21. The normalized spacial score (nSPS) is 37.2. The molecule has 1 aliphatic heterocycles. The summed E-state index contributed by atoms with van der Waals surface area (Å²) < 4.78 is 0. The van der Waals surface area contributed by atoms with Crippen molar-refractivity contribution in [3.63, 3.8) is 0 Å². The van der Waals surface area contributed by atoms with Crippen LogP contribution in [0.4, 0.5) is 0 Å². The molecular formula is C15H24N2O2. The van der Waals surface area contributed by atoms with Crippen molar-refractivity contribution in [1.82, 2.24) is 4.90 Å². The van der Waals surface area contributed by atoms with E-state index in [-0.39, 0.29) is 29.7 Å². The lowest BCUT2D eigenvalue weighted by Gasteiger charge is -2.25. The summed E-state index contributed by atoms with van der Waals surface area (Å²) in [6.07, 6.45) is 6.55. The van der Waals surface area contributed by atoms with E-state index < -0.39 is 0 Å². The second-order valence-electron chi connectivity index (χ2n) is 6.79. The maximum absolute atomic E-state index is 12.3. The monoisotopic (exact) mass is 264 g/mol. The summed E-state index contributed by atoms with van der Waals surface area (Å²) in [4.78, 5) is 26.2. The lowest BCUT2D eigenvalue weighted by molar-refractivity contribution is -0.141. The Kier molecular flexibility index (Phi) is 3.37. The molecule has 3 fully saturated rings. The average molecular weight is 264 g/mol. The number of nitrogens with two attached hydrogens (primary N) is 1. The molecule has 2 aliphatic carbocycles. The average Bonchev–Trinajstić information content (AvgIpc) is 3.05. The van der Waals surface area contributed by atoms with Gasteiger partial charge in [0.25, 0.3) is 0 Å². The van der Waals surface area contributed by atoms with E-state index in [2.05, 4.69) is 6.92 Å². The summed E-state index contributed by atoms with van der Waals surface area (Å²) in [7, 11) is 0. The van der Waals surface area contributed by atoms with E-state index in [0.717, 1.165) is 25.7 Å². The molecule has 0 aromatic heterocycles. The molecule has 3 rings (SSSR count). The summed E-state index contributed by atoms with van der Waals surface area (Å²) in [5.74, 6) is 1.02. The van der Waals surface area contributed by atoms with Gasteiger partial charge in [-0.2, -0.15) is 0 Å². The molecule has 0 aromatic carbocycles. The third kappa shape index (κ3) is 2.20. The first kappa shape index (κ1) is 13.1. The van der Waals surface area contributed by atoms with Crippen molar-refractivity contribution >= 4 is 11.8 Å². The Morgan fingerprint density at radius 3 is 2.21 bits per heavy atom. The number of carbonyl (C=O) groups is 2. The van der Waals surface area contributed by atoms with Gasteiger partial charge in [0.1, 0.15) is 0 Å². The van der Waals surface area contributed by atoms with Crippen LogP contribution in [0, 0.1) is 23.7 Å². The van der Waals surface area contributed by atoms with Crippen molar-refractivity contribution in [2.24, 2.45) is 29.4 Å². The van der Waals surface area contributed by atoms with Crippen molar-refractivity contribution in [3.05, 3.63) is 0 Å². The number of hydrogen-bond donors (Lipinski definition) is 1. The standard InChI is InChI=1S/C15H24N2O2/c1-9-6-11-12(7-9)15(19)17(14(11)18)8-13(16)10-4-2-3-5-10/h9-13H,2-8,16H2,1H3. The molecule has 1 saturated heterocycles. The summed E-state index contributed by atoms with van der Waals surface area (Å²) in [5, 5.41) is 0. The van der Waals surface area contributed by atoms with Gasteiger partial charge in [0.05, 0.1) is 11.8 Å². The van der Waals surface area contributed by atoms with Crippen LogP contribution in [-0.2, 0) is 9.59 Å². The number of rotatable bonds is 3. The predicted molar refractivity (Wildman–Crippen MR) is 72.0 cm³/mol. The Balaban J connectivity index is 1.65. The van der Waals surface area contributed by atoms with Gasteiger partial charge < -0.3 is 5.73 Å². The highest BCUT2D eigenvalue weighted by molar-refractivity contribution is 6.05. The molecular weight excluding hydrogens is 240 g/mol. The molecule has 1 heterocycles. The van der Waals surface area contributed by atoms with E-state index in [9.17, 15) is 9.59 Å². The Bertz CT molecular complexity index is 366. The van der Waals surface area contributed by atoms with Crippen molar-refractivity contribution in [3.8, 4) is 0 Å². The van der Waals surface area contributed by atoms with Gasteiger partial charge in [0, 0.05) is 12.6 Å². The van der Waals surface area contributed by atoms with E-state index in [4.69, 9.17) is 5.73 Å². The maximum atomic E-state index is 12.3. The highest BCUT2D eigenvalue weighted by Gasteiger charge is 2.51. The van der Waals surface area contributed by atoms with Crippen molar-refractivity contribution in [1.29, 1.82) is 0 Å². The Morgan fingerprint density at radius 2 is 1.68 bits per heavy atom. The molecule has 4 nitrogen and oxygen atoms in total. The molecule has 0 bridgehead atoms. The molecule has 2 saturated carbocycles. The fourth-order valence-corrected chi connectivity index (χ4v) is 4.27. The number of nitrogens with zero attached hydrogens (tertiary/aromatic N) is 1. The van der Waals surface area contributed by atoms with Gasteiger partial charge >= 0.3 is 0 Å². The zero-order chi connectivity index (χ0) is 13.6. The molecule has 3 unspecified atom stereocenters. The molecule has 0 spiro atoms. The smallest absolute Gasteiger partial charge is 0.233 e. The van der Waals surface area contributed by atoms with E-state index in [1.165, 1.54) is 17.7 Å². The first-order valence-electron chi connectivity index (χ1n) is 7.68. The fourth-order valence-electron chi connectivity index (χ4n) is 4.27. The Labute approximate surface area is 114 Å². The molecule has 0 aromatic rings. The molecule has 19 heavy (non-hydrogen) atoms. The van der Waals surface area contributed by atoms with Gasteiger partial charge in [-0.1, -0.05) is 19.8 Å². The highest BCUT2D eigenvalue weighted by atomic mass is 16.2. The molecule has 4 heteroatoms. The summed E-state index contributed by atoms with van der Waals surface area (Å²) in [6.45, 7) is 2.58. The van der Waals surface area contributed by atoms with Gasteiger partial charge in [-0.05, 0) is 37.5 Å². The molecule has 0 radical (unpaired) electrons. The van der Waals surface area contributed by atoms with Crippen LogP contribution in [0.25, 0.3) is 0 Å². The minimum Gasteiger partial charge on any atom is -0.326 e. The third-order valence-corrected chi connectivity index (χ3v) is 5.36. The van der Waals surface area contributed by atoms with Gasteiger partial charge in [-0.3, -0.25) is 14.5 Å². The number of imide groups is 1. The van der Waals surface area contributed by atoms with Crippen molar-refractivity contribution < 1.29 is 9.59 Å². The van der Waals surface area contributed by atoms with Crippen molar-refractivity contribution in [2.75, 3.05) is 6.54 Å². The predicted octanol–water partition coefficient (Wildman–Crippen LogP) is 1.53. The van der Waals surface area contributed by atoms with E-state index in [1.54, 1.807) is 0 Å². The Morgan fingerprint density at radius 1 is 1.16 bits per heavy atom. The van der Waals surface area contributed by atoms with Gasteiger partial charge in [0.15, 0.2) is 0 Å². The number of amides is 2. The van der Waals surface area contributed by atoms with Gasteiger partial charge in [0.2, 0.25) is 11.8 Å². The second-order valence-corrected chi connectivity index (χ2v) is 6.79. The highest BCUT2D eigenvalue weighted by Crippen LogP contribution is 2.43. The van der Waals surface area contributed by atoms with Crippen LogP contribution in [-0.4, -0.2) is 29.3 Å². The minimum absolute atomic E-state index is 0.0216. The topological polar surface area (TPSA) is 63.4 Å². The quantitative estimate of drug-likeness (QED) is 0.786. The zero-order valence-corrected chi connectivity index (χ0v) is 11.7. The molecule has 3 aliphatic rings. The van der Waals surface area contributed by atoms with Crippen LogP contribution in [0.2, 0.25) is 0 Å². The first-order valence-corrected chi connectivity index (χ1v) is 7.68. The first-order chi connectivity index (χ1) is 9.08. The Hall–Kier alpha value is -0.900. The van der Waals surface area contributed by atoms with E-state index in [0.29, 0.717) is 18.4 Å². The number of likely N-dealkylation sites (tertiary alicyclic amines) is 1. The van der Waals surface area contributed by atoms with Gasteiger partial charge in [-0.15, -0.1) is 0 Å². The largest absolute Gasteiger partial charge is 0.326 e. The third-order valence-electron chi connectivity index (χ3n) is 5.36. The van der Waals surface area contributed by atoms with Crippen LogP contribution < -0.4 is 5.73 Å². The van der Waals surface area contributed by atoms with Crippen LogP contribution >= 0.6 is 0 Å². The zero-order valence-electron chi connectivity index (χ0n) is 11.7. The molecule has 2 N–H and O–H groups in total. The van der Waals surface area contributed by atoms with Crippen LogP contribution in [0.3, 0.4) is 0 Å². The SMILES string of the molecule is CC1CC2C(=O)N(CC(N)C3CCCC3)C(=O)C2C1. The van der Waals surface area contributed by atoms with Crippen molar-refractivity contribution in [2.45, 2.75) is 51.5 Å². The maximum Gasteiger partial charge on any atom is 0.233 e. The molecule has 2 amide bonds. The van der Waals surface area contributed by atoms with Gasteiger partial charge in [-0.25, -0.2) is 0 Å². The second kappa shape index (κ2) is 4.89. The number of hydrogen-bond acceptors (Lipinski definition) is 3. The number of fused-ring (bicyclic) bond motifs is 1. The van der Waals surface area contributed by atoms with Crippen LogP contribution in [0.1, 0.15) is 45.4 Å². The lowest BCUT2D eigenvalue weighted by Crippen LogP contribution is -2.45. The molecule has 106 valence electrons. The van der Waals surface area contributed by atoms with E-state index >= 15 is 0 Å². The van der Waals surface area contributed by atoms with Crippen LogP contribution in [0.5, 0.6) is 0 Å². The fraction of sp³-hybridized carbons (Fsp3) is 0.867.